The van der Waals surface area contributed by atoms with E-state index in [1.54, 1.807) is 12.1 Å². The number of aromatic nitrogens is 2. The lowest BCUT2D eigenvalue weighted by molar-refractivity contribution is 0.103. The Balaban J connectivity index is 1.93. The van der Waals surface area contributed by atoms with Crippen molar-refractivity contribution in [1.29, 1.82) is 0 Å². The highest BCUT2D eigenvalue weighted by Crippen LogP contribution is 2.21. The molecule has 2 heterocycles. The van der Waals surface area contributed by atoms with Crippen molar-refractivity contribution in [2.75, 3.05) is 0 Å². The summed E-state index contributed by atoms with van der Waals surface area (Å²) in [6.45, 7) is 8.41. The summed E-state index contributed by atoms with van der Waals surface area (Å²) in [7, 11) is 0.855. The molecule has 4 rings (SSSR count). The molecule has 0 aliphatic heterocycles. The Bertz CT molecular complexity index is 1370. The SMILES string of the molecule is CBc1cccc(Cn2c(C)c(C(=O)c3ccc(C)c(C)c3)c(=O)c3ccccc32)n1. The zero-order valence-electron chi connectivity index (χ0n) is 18.4. The molecular formula is C26H25BN2O2. The van der Waals surface area contributed by atoms with E-state index in [0.29, 0.717) is 23.2 Å². The number of carbonyl (C=O) groups is 1. The number of nitrogens with zero attached hydrogens (tertiary/aromatic N) is 2. The average Bonchev–Trinajstić information content (AvgIpc) is 2.78. The molecule has 0 fully saturated rings. The van der Waals surface area contributed by atoms with Gasteiger partial charge < -0.3 is 4.57 Å². The molecular weight excluding hydrogens is 383 g/mol. The molecule has 0 N–H and O–H groups in total. The van der Waals surface area contributed by atoms with Gasteiger partial charge in [0.2, 0.25) is 5.43 Å². The van der Waals surface area contributed by atoms with Crippen LogP contribution < -0.4 is 11.0 Å². The largest absolute Gasteiger partial charge is 0.338 e. The van der Waals surface area contributed by atoms with Crippen LogP contribution in [0.15, 0.2) is 65.5 Å². The highest BCUT2D eigenvalue weighted by Gasteiger charge is 2.21. The summed E-state index contributed by atoms with van der Waals surface area (Å²) in [5.74, 6) is -0.236. The zero-order chi connectivity index (χ0) is 22.1. The Morgan fingerprint density at radius 2 is 1.74 bits per heavy atom. The van der Waals surface area contributed by atoms with Crippen molar-refractivity contribution >= 4 is 29.6 Å². The number of ketones is 1. The van der Waals surface area contributed by atoms with Crippen LogP contribution in [0.5, 0.6) is 0 Å². The van der Waals surface area contributed by atoms with Crippen LogP contribution >= 0.6 is 0 Å². The molecule has 2 aromatic carbocycles. The third-order valence-corrected chi connectivity index (χ3v) is 5.98. The van der Waals surface area contributed by atoms with Gasteiger partial charge in [-0.2, -0.15) is 0 Å². The van der Waals surface area contributed by atoms with Crippen molar-refractivity contribution in [3.63, 3.8) is 0 Å². The maximum absolute atomic E-state index is 13.5. The zero-order valence-corrected chi connectivity index (χ0v) is 18.4. The predicted molar refractivity (Wildman–Crippen MR) is 128 cm³/mol. The molecule has 4 nitrogen and oxygen atoms in total. The first-order valence-corrected chi connectivity index (χ1v) is 10.6. The first-order chi connectivity index (χ1) is 14.9. The fourth-order valence-corrected chi connectivity index (χ4v) is 3.99. The summed E-state index contributed by atoms with van der Waals surface area (Å²) in [5.41, 5.74) is 6.10. The molecule has 0 bridgehead atoms. The summed E-state index contributed by atoms with van der Waals surface area (Å²) >= 11 is 0. The van der Waals surface area contributed by atoms with Crippen LogP contribution in [0.4, 0.5) is 0 Å². The van der Waals surface area contributed by atoms with Crippen molar-refractivity contribution in [2.24, 2.45) is 0 Å². The lowest BCUT2D eigenvalue weighted by atomic mass is 9.77. The van der Waals surface area contributed by atoms with Crippen molar-refractivity contribution in [1.82, 2.24) is 9.55 Å². The van der Waals surface area contributed by atoms with Gasteiger partial charge in [-0.15, -0.1) is 0 Å². The van der Waals surface area contributed by atoms with Crippen LogP contribution in [0.25, 0.3) is 10.9 Å². The Labute approximate surface area is 182 Å². The Hall–Kier alpha value is -3.47. The van der Waals surface area contributed by atoms with Crippen LogP contribution in [0.3, 0.4) is 0 Å². The van der Waals surface area contributed by atoms with Gasteiger partial charge in [0.25, 0.3) is 0 Å². The second kappa shape index (κ2) is 8.34. The molecule has 31 heavy (non-hydrogen) atoms. The topological polar surface area (TPSA) is 52.0 Å². The number of para-hydroxylation sites is 1. The molecule has 0 amide bonds. The summed E-state index contributed by atoms with van der Waals surface area (Å²) in [6.07, 6.45) is 0. The maximum atomic E-state index is 13.5. The fourth-order valence-electron chi connectivity index (χ4n) is 3.99. The third kappa shape index (κ3) is 3.84. The number of hydrogen-bond acceptors (Lipinski definition) is 3. The number of benzene rings is 2. The number of hydrogen-bond donors (Lipinski definition) is 0. The summed E-state index contributed by atoms with van der Waals surface area (Å²) < 4.78 is 2.03. The minimum atomic E-state index is -0.236. The minimum absolute atomic E-state index is 0.220. The van der Waals surface area contributed by atoms with Gasteiger partial charge >= 0.3 is 0 Å². The van der Waals surface area contributed by atoms with Crippen molar-refractivity contribution < 1.29 is 4.79 Å². The van der Waals surface area contributed by atoms with Gasteiger partial charge in [-0.05, 0) is 61.8 Å². The molecule has 0 radical (unpaired) electrons. The highest BCUT2D eigenvalue weighted by atomic mass is 16.1. The summed E-state index contributed by atoms with van der Waals surface area (Å²) in [6, 6.07) is 19.1. The van der Waals surface area contributed by atoms with Gasteiger partial charge in [0.1, 0.15) is 0 Å². The van der Waals surface area contributed by atoms with Crippen LogP contribution in [-0.2, 0) is 6.54 Å². The molecule has 154 valence electrons. The molecule has 0 saturated heterocycles. The molecule has 0 aliphatic rings. The van der Waals surface area contributed by atoms with E-state index in [4.69, 9.17) is 4.98 Å². The smallest absolute Gasteiger partial charge is 0.200 e. The van der Waals surface area contributed by atoms with E-state index in [-0.39, 0.29) is 16.8 Å². The number of fused-ring (bicyclic) bond motifs is 1. The van der Waals surface area contributed by atoms with Gasteiger partial charge in [0, 0.05) is 16.6 Å². The molecule has 0 atom stereocenters. The number of pyridine rings is 2. The molecule has 0 unspecified atom stereocenters. The van der Waals surface area contributed by atoms with Crippen LogP contribution in [-0.4, -0.2) is 22.6 Å². The number of rotatable bonds is 5. The fraction of sp³-hybridized carbons (Fsp3) is 0.192. The number of aryl methyl sites for hydroxylation is 2. The van der Waals surface area contributed by atoms with Gasteiger partial charge in [0.05, 0.1) is 23.3 Å². The monoisotopic (exact) mass is 408 g/mol. The first kappa shape index (κ1) is 20.8. The van der Waals surface area contributed by atoms with Crippen LogP contribution in [0.1, 0.15) is 38.4 Å². The van der Waals surface area contributed by atoms with Gasteiger partial charge in [0.15, 0.2) is 13.1 Å². The quantitative estimate of drug-likeness (QED) is 0.374. The van der Waals surface area contributed by atoms with Crippen molar-refractivity contribution in [3.8, 4) is 0 Å². The van der Waals surface area contributed by atoms with Gasteiger partial charge in [-0.1, -0.05) is 43.2 Å². The molecule has 2 aromatic heterocycles. The first-order valence-electron chi connectivity index (χ1n) is 10.6. The average molecular weight is 408 g/mol. The van der Waals surface area contributed by atoms with E-state index in [0.717, 1.165) is 35.2 Å². The number of carbonyl (C=O) groups excluding carboxylic acids is 1. The summed E-state index contributed by atoms with van der Waals surface area (Å²) in [4.78, 5) is 31.6. The normalized spacial score (nSPS) is 11.0. The second-order valence-electron chi connectivity index (χ2n) is 7.99. The van der Waals surface area contributed by atoms with Gasteiger partial charge in [-0.3, -0.25) is 14.6 Å². The van der Waals surface area contributed by atoms with Gasteiger partial charge in [-0.25, -0.2) is 0 Å². The van der Waals surface area contributed by atoms with E-state index in [2.05, 4.69) is 6.82 Å². The minimum Gasteiger partial charge on any atom is -0.338 e. The van der Waals surface area contributed by atoms with Crippen LogP contribution in [0.2, 0.25) is 6.82 Å². The molecule has 0 spiro atoms. The van der Waals surface area contributed by atoms with Crippen molar-refractivity contribution in [2.45, 2.75) is 34.1 Å². The molecule has 4 aromatic rings. The van der Waals surface area contributed by atoms with Crippen LogP contribution in [0, 0.1) is 20.8 Å². The van der Waals surface area contributed by atoms with E-state index in [1.807, 2.05) is 73.9 Å². The molecule has 0 saturated carbocycles. The Morgan fingerprint density at radius 3 is 2.48 bits per heavy atom. The highest BCUT2D eigenvalue weighted by molar-refractivity contribution is 6.50. The standard InChI is InChI=1S/C26H25BN2O2/c1-16-12-13-19(14-17(16)2)25(30)24-18(3)29(15-20-8-7-11-23(27-4)28-20)22-10-6-5-9-21(22)26(24)31/h5-14,27H,15H2,1-4H3. The molecule has 5 heteroatoms. The second-order valence-corrected chi connectivity index (χ2v) is 7.99. The van der Waals surface area contributed by atoms with E-state index in [9.17, 15) is 9.59 Å². The van der Waals surface area contributed by atoms with E-state index < -0.39 is 0 Å². The lowest BCUT2D eigenvalue weighted by Gasteiger charge is -2.18. The summed E-state index contributed by atoms with van der Waals surface area (Å²) in [5, 5.41) is 0.548. The van der Waals surface area contributed by atoms with E-state index >= 15 is 0 Å². The predicted octanol–water partition coefficient (Wildman–Crippen LogP) is 3.71. The van der Waals surface area contributed by atoms with E-state index in [1.165, 1.54) is 0 Å². The third-order valence-electron chi connectivity index (χ3n) is 5.98. The Kier molecular flexibility index (Phi) is 5.60. The Morgan fingerprint density at radius 1 is 0.968 bits per heavy atom. The van der Waals surface area contributed by atoms with Crippen molar-refractivity contribution in [3.05, 3.63) is 105 Å². The lowest BCUT2D eigenvalue weighted by Crippen LogP contribution is -2.25. The maximum Gasteiger partial charge on any atom is 0.200 e. The molecule has 0 aliphatic carbocycles.